The summed E-state index contributed by atoms with van der Waals surface area (Å²) in [5.41, 5.74) is 1.24. The van der Waals surface area contributed by atoms with Gasteiger partial charge in [0, 0.05) is 55.3 Å². The molecule has 4 fully saturated rings. The van der Waals surface area contributed by atoms with Crippen LogP contribution in [0.3, 0.4) is 0 Å². The van der Waals surface area contributed by atoms with Crippen LogP contribution in [0, 0.1) is 11.3 Å². The van der Waals surface area contributed by atoms with E-state index in [1.807, 2.05) is 36.1 Å². The molecule has 44 heavy (non-hydrogen) atoms. The Hall–Kier alpha value is -2.16. The molecule has 0 spiro atoms. The van der Waals surface area contributed by atoms with Crippen LogP contribution in [-0.4, -0.2) is 95.0 Å². The summed E-state index contributed by atoms with van der Waals surface area (Å²) in [6.07, 6.45) is 5.62. The van der Waals surface area contributed by atoms with E-state index in [-0.39, 0.29) is 52.6 Å². The van der Waals surface area contributed by atoms with Crippen molar-refractivity contribution in [2.45, 2.75) is 122 Å². The second-order valence-corrected chi connectivity index (χ2v) is 15.7. The van der Waals surface area contributed by atoms with Crippen molar-refractivity contribution in [2.75, 3.05) is 32.8 Å². The van der Waals surface area contributed by atoms with E-state index in [1.165, 1.54) is 0 Å². The van der Waals surface area contributed by atoms with E-state index in [2.05, 4.69) is 49.7 Å². The number of likely N-dealkylation sites (N-methyl/N-ethyl adjacent to an activating group) is 1. The Morgan fingerprint density at radius 1 is 1.02 bits per heavy atom. The van der Waals surface area contributed by atoms with Crippen LogP contribution >= 0.6 is 11.6 Å². The summed E-state index contributed by atoms with van der Waals surface area (Å²) in [7, 11) is 0. The van der Waals surface area contributed by atoms with E-state index in [1.54, 1.807) is 0 Å². The first-order valence-electron chi connectivity index (χ1n) is 16.8. The molecule has 3 heterocycles. The number of nitrogens with one attached hydrogen (secondary N) is 1. The molecule has 4 aliphatic rings. The van der Waals surface area contributed by atoms with Gasteiger partial charge in [-0.3, -0.25) is 19.3 Å². The smallest absolute Gasteiger partial charge is 0.252 e. The fourth-order valence-corrected chi connectivity index (χ4v) is 8.05. The number of rotatable bonds is 7. The van der Waals surface area contributed by atoms with Gasteiger partial charge in [-0.05, 0) is 95.8 Å². The zero-order chi connectivity index (χ0) is 31.8. The largest absolute Gasteiger partial charge is 0.368 e. The minimum atomic E-state index is -0.609. The van der Waals surface area contributed by atoms with Crippen molar-refractivity contribution in [3.63, 3.8) is 0 Å². The third kappa shape index (κ3) is 7.13. The van der Waals surface area contributed by atoms with Gasteiger partial charge < -0.3 is 19.9 Å². The Morgan fingerprint density at radius 2 is 1.70 bits per heavy atom. The first-order valence-corrected chi connectivity index (χ1v) is 17.2. The summed E-state index contributed by atoms with van der Waals surface area (Å²) >= 11 is 6.23. The fourth-order valence-electron chi connectivity index (χ4n) is 7.92. The zero-order valence-electron chi connectivity index (χ0n) is 27.6. The number of hydrogen-bond donors (Lipinski definition) is 1. The number of ether oxygens (including phenoxy) is 1. The van der Waals surface area contributed by atoms with E-state index in [0.717, 1.165) is 50.6 Å². The Kier molecular flexibility index (Phi) is 10.0. The minimum Gasteiger partial charge on any atom is -0.368 e. The maximum atomic E-state index is 14.7. The van der Waals surface area contributed by atoms with Crippen molar-refractivity contribution in [2.24, 2.45) is 11.3 Å². The lowest BCUT2D eigenvalue weighted by Gasteiger charge is -2.43. The van der Waals surface area contributed by atoms with Crippen LogP contribution in [0.2, 0.25) is 5.02 Å². The summed E-state index contributed by atoms with van der Waals surface area (Å²) in [6, 6.07) is 7.10. The van der Waals surface area contributed by atoms with Gasteiger partial charge >= 0.3 is 0 Å². The van der Waals surface area contributed by atoms with Crippen LogP contribution in [0.15, 0.2) is 24.3 Å². The normalized spacial score (nSPS) is 29.6. The van der Waals surface area contributed by atoms with Crippen molar-refractivity contribution in [3.8, 4) is 0 Å². The fraction of sp³-hybridized carbons (Fsp3) is 0.743. The van der Waals surface area contributed by atoms with Gasteiger partial charge in [-0.15, -0.1) is 0 Å². The zero-order valence-corrected chi connectivity index (χ0v) is 28.4. The predicted molar refractivity (Wildman–Crippen MR) is 173 cm³/mol. The summed E-state index contributed by atoms with van der Waals surface area (Å²) in [6.45, 7) is 15.9. The molecule has 1 N–H and O–H groups in total. The van der Waals surface area contributed by atoms with Crippen molar-refractivity contribution < 1.29 is 19.1 Å². The summed E-state index contributed by atoms with van der Waals surface area (Å²) in [5, 5.41) is 3.66. The van der Waals surface area contributed by atoms with Crippen LogP contribution in [0.4, 0.5) is 0 Å². The number of likely N-dealkylation sites (tertiary alicyclic amines) is 2. The molecule has 5 atom stereocenters. The Balaban J connectivity index is 1.45. The van der Waals surface area contributed by atoms with Crippen LogP contribution in [-0.2, 0) is 19.1 Å². The van der Waals surface area contributed by atoms with Gasteiger partial charge in [-0.25, -0.2) is 0 Å². The van der Waals surface area contributed by atoms with Gasteiger partial charge in [0.1, 0.15) is 12.1 Å². The highest BCUT2D eigenvalue weighted by Crippen LogP contribution is 2.42. The molecule has 244 valence electrons. The maximum Gasteiger partial charge on any atom is 0.252 e. The molecule has 1 aromatic rings. The monoisotopic (exact) mass is 628 g/mol. The van der Waals surface area contributed by atoms with Crippen LogP contribution < -0.4 is 5.32 Å². The quantitative estimate of drug-likeness (QED) is 0.447. The lowest BCUT2D eigenvalue weighted by Crippen LogP contribution is -2.53. The average molecular weight is 629 g/mol. The van der Waals surface area contributed by atoms with Gasteiger partial charge in [0.2, 0.25) is 11.8 Å². The molecule has 1 aliphatic carbocycles. The van der Waals surface area contributed by atoms with Gasteiger partial charge in [0.15, 0.2) is 0 Å². The molecular weight excluding hydrogens is 576 g/mol. The van der Waals surface area contributed by atoms with Crippen molar-refractivity contribution >= 4 is 29.3 Å². The molecule has 8 nitrogen and oxygen atoms in total. The number of nitrogens with zero attached hydrogens (tertiary/aromatic N) is 3. The number of benzene rings is 1. The molecule has 1 aromatic carbocycles. The number of carbonyl (C=O) groups is 3. The van der Waals surface area contributed by atoms with Crippen molar-refractivity contribution in [1.29, 1.82) is 0 Å². The van der Waals surface area contributed by atoms with Crippen molar-refractivity contribution in [1.82, 2.24) is 20.0 Å². The van der Waals surface area contributed by atoms with E-state index in [0.29, 0.717) is 37.7 Å². The molecule has 9 heteroatoms. The predicted octanol–water partition coefficient (Wildman–Crippen LogP) is 5.24. The van der Waals surface area contributed by atoms with Crippen LogP contribution in [0.5, 0.6) is 0 Å². The molecule has 1 saturated carbocycles. The number of amides is 3. The third-order valence-electron chi connectivity index (χ3n) is 10.7. The highest BCUT2D eigenvalue weighted by molar-refractivity contribution is 6.30. The standard InChI is InChI=1S/C35H53ClN4O4/c1-7-37-31(41)29-19-26(40(33(43)30-9-8-18-44-30)25-14-16-35(5,6)17-15-25)20-39(29)32(42)28-22-38(34(2,3)4)21-27(28)23-10-12-24(36)13-11-23/h10-13,25-30H,7-9,14-22H2,1-6H3,(H,37,41)/t26-,27-,28+,29-,30-/m0/s1. The molecule has 3 amide bonds. The lowest BCUT2D eigenvalue weighted by atomic mass is 9.75. The average Bonchev–Trinajstić information content (AvgIpc) is 3.74. The topological polar surface area (TPSA) is 82.2 Å². The summed E-state index contributed by atoms with van der Waals surface area (Å²) in [5.74, 6) is -0.405. The molecule has 5 rings (SSSR count). The van der Waals surface area contributed by atoms with Gasteiger partial charge in [0.05, 0.1) is 12.0 Å². The molecule has 0 radical (unpaired) electrons. The SMILES string of the molecule is CCNC(=O)[C@@H]1C[C@H](N(C(=O)[C@@H]2CCCO2)C2CCC(C)(C)CC2)CN1C(=O)[C@@H]1CN(C(C)(C)C)C[C@H]1c1ccc(Cl)cc1. The summed E-state index contributed by atoms with van der Waals surface area (Å²) in [4.78, 5) is 48.7. The molecule has 3 saturated heterocycles. The number of halogens is 1. The molecular formula is C35H53ClN4O4. The second kappa shape index (κ2) is 13.3. The van der Waals surface area contributed by atoms with Crippen LogP contribution in [0.25, 0.3) is 0 Å². The van der Waals surface area contributed by atoms with E-state index < -0.39 is 12.1 Å². The molecule has 3 aliphatic heterocycles. The highest BCUT2D eigenvalue weighted by Gasteiger charge is 2.51. The van der Waals surface area contributed by atoms with E-state index >= 15 is 0 Å². The summed E-state index contributed by atoms with van der Waals surface area (Å²) < 4.78 is 5.90. The van der Waals surface area contributed by atoms with Gasteiger partial charge in [-0.1, -0.05) is 37.6 Å². The Morgan fingerprint density at radius 3 is 2.30 bits per heavy atom. The van der Waals surface area contributed by atoms with E-state index in [4.69, 9.17) is 16.3 Å². The first-order chi connectivity index (χ1) is 20.8. The molecule has 0 aromatic heterocycles. The van der Waals surface area contributed by atoms with Crippen LogP contribution in [0.1, 0.15) is 98.0 Å². The third-order valence-corrected chi connectivity index (χ3v) is 10.9. The van der Waals surface area contributed by atoms with Crippen molar-refractivity contribution in [3.05, 3.63) is 34.9 Å². The number of carbonyl (C=O) groups excluding carboxylic acids is 3. The van der Waals surface area contributed by atoms with Gasteiger partial charge in [-0.2, -0.15) is 0 Å². The lowest BCUT2D eigenvalue weighted by molar-refractivity contribution is -0.148. The number of hydrogen-bond acceptors (Lipinski definition) is 5. The molecule has 0 unspecified atom stereocenters. The Bertz CT molecular complexity index is 1180. The maximum absolute atomic E-state index is 14.7. The Labute approximate surface area is 269 Å². The molecule has 0 bridgehead atoms. The first kappa shape index (κ1) is 33.2. The van der Waals surface area contributed by atoms with E-state index in [9.17, 15) is 14.4 Å². The second-order valence-electron chi connectivity index (χ2n) is 15.3. The highest BCUT2D eigenvalue weighted by atomic mass is 35.5. The van der Waals surface area contributed by atoms with Gasteiger partial charge in [0.25, 0.3) is 5.91 Å². The minimum absolute atomic E-state index is 0.00439.